The van der Waals surface area contributed by atoms with E-state index in [0.29, 0.717) is 5.92 Å². The molecule has 14 heavy (non-hydrogen) atoms. The van der Waals surface area contributed by atoms with Crippen LogP contribution in [0.5, 0.6) is 0 Å². The van der Waals surface area contributed by atoms with Crippen molar-refractivity contribution in [1.82, 2.24) is 4.98 Å². The molecule has 0 aliphatic carbocycles. The molecule has 2 rings (SSSR count). The molecule has 0 aromatic carbocycles. The fourth-order valence-corrected chi connectivity index (χ4v) is 2.10. The molecule has 3 heteroatoms. The molecule has 0 N–H and O–H groups in total. The summed E-state index contributed by atoms with van der Waals surface area (Å²) in [4.78, 5) is 6.35. The van der Waals surface area contributed by atoms with Crippen molar-refractivity contribution >= 4 is 17.3 Å². The molecule has 0 saturated carbocycles. The molecule has 0 bridgehead atoms. The van der Waals surface area contributed by atoms with Gasteiger partial charge < -0.3 is 4.90 Å². The number of alkyl halides is 1. The number of aromatic nitrogens is 1. The van der Waals surface area contributed by atoms with Crippen molar-refractivity contribution < 1.29 is 0 Å². The minimum atomic E-state index is 0.275. The van der Waals surface area contributed by atoms with Gasteiger partial charge in [-0.15, -0.1) is 11.6 Å². The normalized spacial score (nSPS) is 27.7. The number of anilines is 1. The standard InChI is InChI=1S/C11H15ClN2/c1-9-4-7-14(8-11(9)12)10-2-5-13-6-3-10/h2-3,5-6,9,11H,4,7-8H2,1H3. The quantitative estimate of drug-likeness (QED) is 0.663. The molecule has 1 aromatic rings. The minimum Gasteiger partial charge on any atom is -0.370 e. The molecule has 1 aliphatic heterocycles. The summed E-state index contributed by atoms with van der Waals surface area (Å²) in [5.41, 5.74) is 1.23. The first-order chi connectivity index (χ1) is 6.77. The highest BCUT2D eigenvalue weighted by molar-refractivity contribution is 6.21. The van der Waals surface area contributed by atoms with Gasteiger partial charge in [0.15, 0.2) is 0 Å². The zero-order valence-electron chi connectivity index (χ0n) is 8.36. The van der Waals surface area contributed by atoms with E-state index in [-0.39, 0.29) is 5.38 Å². The van der Waals surface area contributed by atoms with Crippen LogP contribution in [0, 0.1) is 5.92 Å². The van der Waals surface area contributed by atoms with E-state index in [9.17, 15) is 0 Å². The van der Waals surface area contributed by atoms with Crippen LogP contribution in [0.1, 0.15) is 13.3 Å². The summed E-state index contributed by atoms with van der Waals surface area (Å²) >= 11 is 6.25. The summed E-state index contributed by atoms with van der Waals surface area (Å²) in [5.74, 6) is 0.634. The molecule has 76 valence electrons. The van der Waals surface area contributed by atoms with Crippen molar-refractivity contribution in [3.8, 4) is 0 Å². The van der Waals surface area contributed by atoms with Crippen LogP contribution in [0.4, 0.5) is 5.69 Å². The number of rotatable bonds is 1. The van der Waals surface area contributed by atoms with Gasteiger partial charge in [-0.05, 0) is 24.5 Å². The van der Waals surface area contributed by atoms with Gasteiger partial charge in [-0.25, -0.2) is 0 Å². The molecule has 0 radical (unpaired) electrons. The lowest BCUT2D eigenvalue weighted by atomic mass is 9.98. The Morgan fingerprint density at radius 2 is 2.14 bits per heavy atom. The number of piperidine rings is 1. The Kier molecular flexibility index (Phi) is 2.92. The Balaban J connectivity index is 2.07. The zero-order valence-corrected chi connectivity index (χ0v) is 9.11. The van der Waals surface area contributed by atoms with Crippen molar-refractivity contribution in [2.75, 3.05) is 18.0 Å². The van der Waals surface area contributed by atoms with Gasteiger partial charge in [-0.3, -0.25) is 4.98 Å². The summed E-state index contributed by atoms with van der Waals surface area (Å²) in [6.45, 7) is 4.28. The van der Waals surface area contributed by atoms with Crippen LogP contribution in [0.25, 0.3) is 0 Å². The molecule has 2 heterocycles. The first-order valence-electron chi connectivity index (χ1n) is 5.06. The maximum absolute atomic E-state index is 6.25. The van der Waals surface area contributed by atoms with Crippen molar-refractivity contribution in [1.29, 1.82) is 0 Å². The lowest BCUT2D eigenvalue weighted by Gasteiger charge is -2.35. The molecule has 0 amide bonds. The van der Waals surface area contributed by atoms with Crippen LogP contribution in [0.3, 0.4) is 0 Å². The monoisotopic (exact) mass is 210 g/mol. The van der Waals surface area contributed by atoms with Gasteiger partial charge in [0.25, 0.3) is 0 Å². The Morgan fingerprint density at radius 3 is 2.79 bits per heavy atom. The van der Waals surface area contributed by atoms with E-state index in [1.54, 1.807) is 0 Å². The van der Waals surface area contributed by atoms with Crippen LogP contribution >= 0.6 is 11.6 Å². The maximum atomic E-state index is 6.25. The lowest BCUT2D eigenvalue weighted by Crippen LogP contribution is -2.40. The van der Waals surface area contributed by atoms with Crippen LogP contribution < -0.4 is 4.90 Å². The molecule has 1 aliphatic rings. The van der Waals surface area contributed by atoms with Crippen LogP contribution in [0.15, 0.2) is 24.5 Å². The Labute approximate surface area is 89.9 Å². The van der Waals surface area contributed by atoms with E-state index < -0.39 is 0 Å². The van der Waals surface area contributed by atoms with Gasteiger partial charge in [0.1, 0.15) is 0 Å². The highest BCUT2D eigenvalue weighted by Gasteiger charge is 2.24. The summed E-state index contributed by atoms with van der Waals surface area (Å²) in [6.07, 6.45) is 4.84. The summed E-state index contributed by atoms with van der Waals surface area (Å²) < 4.78 is 0. The van der Waals surface area contributed by atoms with Gasteiger partial charge in [0, 0.05) is 31.2 Å². The number of hydrogen-bond donors (Lipinski definition) is 0. The number of halogens is 1. The number of pyridine rings is 1. The first-order valence-corrected chi connectivity index (χ1v) is 5.50. The average molecular weight is 211 g/mol. The average Bonchev–Trinajstić information content (AvgIpc) is 2.23. The largest absolute Gasteiger partial charge is 0.370 e. The van der Waals surface area contributed by atoms with E-state index in [0.717, 1.165) is 13.1 Å². The van der Waals surface area contributed by atoms with Crippen molar-refractivity contribution in [2.24, 2.45) is 5.92 Å². The highest BCUT2D eigenvalue weighted by atomic mass is 35.5. The summed E-state index contributed by atoms with van der Waals surface area (Å²) in [7, 11) is 0. The molecule has 1 aromatic heterocycles. The third kappa shape index (κ3) is 2.01. The van der Waals surface area contributed by atoms with Crippen LogP contribution in [-0.2, 0) is 0 Å². The van der Waals surface area contributed by atoms with Crippen LogP contribution in [-0.4, -0.2) is 23.5 Å². The van der Waals surface area contributed by atoms with Crippen molar-refractivity contribution in [2.45, 2.75) is 18.7 Å². The molecule has 2 nitrogen and oxygen atoms in total. The van der Waals surface area contributed by atoms with Gasteiger partial charge >= 0.3 is 0 Å². The lowest BCUT2D eigenvalue weighted by molar-refractivity contribution is 0.445. The summed E-state index contributed by atoms with van der Waals surface area (Å²) in [6, 6.07) is 4.08. The highest BCUT2D eigenvalue weighted by Crippen LogP contribution is 2.25. The Morgan fingerprint density at radius 1 is 1.43 bits per heavy atom. The van der Waals surface area contributed by atoms with Crippen molar-refractivity contribution in [3.63, 3.8) is 0 Å². The molecule has 1 fully saturated rings. The molecule has 2 atom stereocenters. The third-order valence-electron chi connectivity index (χ3n) is 2.89. The van der Waals surface area contributed by atoms with E-state index in [4.69, 9.17) is 11.6 Å². The fraction of sp³-hybridized carbons (Fsp3) is 0.545. The third-order valence-corrected chi connectivity index (χ3v) is 3.46. The summed E-state index contributed by atoms with van der Waals surface area (Å²) in [5, 5.41) is 0.275. The van der Waals surface area contributed by atoms with Crippen molar-refractivity contribution in [3.05, 3.63) is 24.5 Å². The van der Waals surface area contributed by atoms with E-state index in [2.05, 4.69) is 16.8 Å². The minimum absolute atomic E-state index is 0.275. The fourth-order valence-electron chi connectivity index (χ4n) is 1.81. The maximum Gasteiger partial charge on any atom is 0.0537 e. The predicted molar refractivity (Wildman–Crippen MR) is 59.9 cm³/mol. The zero-order chi connectivity index (χ0) is 9.97. The molecule has 0 spiro atoms. The van der Waals surface area contributed by atoms with Gasteiger partial charge in [-0.2, -0.15) is 0 Å². The van der Waals surface area contributed by atoms with E-state index >= 15 is 0 Å². The smallest absolute Gasteiger partial charge is 0.0537 e. The number of hydrogen-bond acceptors (Lipinski definition) is 2. The van der Waals surface area contributed by atoms with Gasteiger partial charge in [-0.1, -0.05) is 6.92 Å². The van der Waals surface area contributed by atoms with Gasteiger partial charge in [0.2, 0.25) is 0 Å². The molecule has 1 saturated heterocycles. The molecular weight excluding hydrogens is 196 g/mol. The Hall–Kier alpha value is -0.760. The SMILES string of the molecule is CC1CCN(c2ccncc2)CC1Cl. The second-order valence-electron chi connectivity index (χ2n) is 3.93. The van der Waals surface area contributed by atoms with Gasteiger partial charge in [0.05, 0.1) is 5.38 Å². The predicted octanol–water partition coefficient (Wildman–Crippen LogP) is 2.54. The molecule has 2 unspecified atom stereocenters. The molecular formula is C11H15ClN2. The second-order valence-corrected chi connectivity index (χ2v) is 4.49. The topological polar surface area (TPSA) is 16.1 Å². The van der Waals surface area contributed by atoms with E-state index in [1.165, 1.54) is 12.1 Å². The first kappa shape index (κ1) is 9.78. The van der Waals surface area contributed by atoms with Crippen LogP contribution in [0.2, 0.25) is 0 Å². The van der Waals surface area contributed by atoms with E-state index in [1.807, 2.05) is 24.5 Å². The second kappa shape index (κ2) is 4.18. The Bertz CT molecular complexity index is 289. The number of nitrogens with zero attached hydrogens (tertiary/aromatic N) is 2.